The highest BCUT2D eigenvalue weighted by Crippen LogP contribution is 2.40. The van der Waals surface area contributed by atoms with E-state index < -0.39 is 0 Å². The molecular formula is C52H50N2O2. The first kappa shape index (κ1) is 35.7. The Morgan fingerprint density at radius 1 is 0.321 bits per heavy atom. The summed E-state index contributed by atoms with van der Waals surface area (Å²) in [4.78, 5) is 0. The van der Waals surface area contributed by atoms with E-state index in [0.29, 0.717) is 13.2 Å². The molecule has 4 nitrogen and oxygen atoms in total. The first-order valence-electron chi connectivity index (χ1n) is 20.6. The Balaban J connectivity index is 0.803. The van der Waals surface area contributed by atoms with Gasteiger partial charge in [0.1, 0.15) is 11.5 Å². The molecule has 0 spiro atoms. The van der Waals surface area contributed by atoms with Crippen molar-refractivity contribution < 1.29 is 9.47 Å². The molecule has 7 aromatic carbocycles. The lowest BCUT2D eigenvalue weighted by Crippen LogP contribution is -2.02. The van der Waals surface area contributed by atoms with Crippen molar-refractivity contribution in [1.82, 2.24) is 9.13 Å². The average molecular weight is 735 g/mol. The van der Waals surface area contributed by atoms with Gasteiger partial charge in [0.25, 0.3) is 0 Å². The molecule has 0 N–H and O–H groups in total. The fraction of sp³-hybridized carbons (Fsp3) is 0.231. The van der Waals surface area contributed by atoms with Crippen LogP contribution in [-0.4, -0.2) is 22.3 Å². The molecule has 0 saturated carbocycles. The van der Waals surface area contributed by atoms with E-state index >= 15 is 0 Å². The molecule has 9 rings (SSSR count). The van der Waals surface area contributed by atoms with E-state index in [1.165, 1.54) is 62.0 Å². The second-order valence-electron chi connectivity index (χ2n) is 15.1. The van der Waals surface area contributed by atoms with Crippen LogP contribution in [0, 0.1) is 0 Å². The van der Waals surface area contributed by atoms with Gasteiger partial charge in [-0.3, -0.25) is 0 Å². The molecular weight excluding hydrogens is 685 g/mol. The van der Waals surface area contributed by atoms with Crippen molar-refractivity contribution in [3.63, 3.8) is 0 Å². The van der Waals surface area contributed by atoms with Crippen LogP contribution in [0.3, 0.4) is 0 Å². The number of para-hydroxylation sites is 4. The number of aryl methyl sites for hydroxylation is 2. The predicted octanol–water partition coefficient (Wildman–Crippen LogP) is 14.0. The molecule has 2 aromatic heterocycles. The van der Waals surface area contributed by atoms with Crippen molar-refractivity contribution in [3.05, 3.63) is 158 Å². The van der Waals surface area contributed by atoms with Gasteiger partial charge in [0.15, 0.2) is 0 Å². The zero-order valence-corrected chi connectivity index (χ0v) is 32.2. The minimum atomic E-state index is 0.689. The maximum Gasteiger partial charge on any atom is 0.135 e. The molecule has 0 unspecified atom stereocenters. The fourth-order valence-corrected chi connectivity index (χ4v) is 8.72. The van der Waals surface area contributed by atoms with Gasteiger partial charge in [0.2, 0.25) is 0 Å². The number of unbranched alkanes of at least 4 members (excludes halogenated alkanes) is 6. The number of fused-ring (bicyclic) bond motifs is 7. The van der Waals surface area contributed by atoms with Crippen molar-refractivity contribution in [2.75, 3.05) is 13.2 Å². The van der Waals surface area contributed by atoms with E-state index in [1.54, 1.807) is 0 Å². The van der Waals surface area contributed by atoms with Gasteiger partial charge in [0.05, 0.1) is 13.2 Å². The molecule has 0 atom stereocenters. The molecule has 0 radical (unpaired) electrons. The van der Waals surface area contributed by atoms with Gasteiger partial charge in [-0.25, -0.2) is 0 Å². The summed E-state index contributed by atoms with van der Waals surface area (Å²) in [6.45, 7) is 3.46. The molecule has 2 heterocycles. The Bertz CT molecular complexity index is 2620. The van der Waals surface area contributed by atoms with Gasteiger partial charge in [-0.1, -0.05) is 141 Å². The first-order valence-corrected chi connectivity index (χ1v) is 20.6. The quantitative estimate of drug-likeness (QED) is 0.0872. The predicted molar refractivity (Wildman–Crippen MR) is 236 cm³/mol. The van der Waals surface area contributed by atoms with E-state index in [0.717, 1.165) is 79.4 Å². The van der Waals surface area contributed by atoms with Crippen LogP contribution in [-0.2, 0) is 13.1 Å². The molecule has 0 aliphatic rings. The molecule has 0 aliphatic carbocycles. The number of benzene rings is 7. The van der Waals surface area contributed by atoms with Gasteiger partial charge in [-0.15, -0.1) is 0 Å². The van der Waals surface area contributed by atoms with Gasteiger partial charge < -0.3 is 18.6 Å². The van der Waals surface area contributed by atoms with Crippen molar-refractivity contribution in [2.45, 2.75) is 64.5 Å². The van der Waals surface area contributed by atoms with Crippen molar-refractivity contribution >= 4 is 54.4 Å². The number of hydrogen-bond acceptors (Lipinski definition) is 2. The van der Waals surface area contributed by atoms with Crippen LogP contribution in [0.1, 0.15) is 51.4 Å². The Labute approximate surface area is 329 Å². The van der Waals surface area contributed by atoms with Crippen molar-refractivity contribution in [3.8, 4) is 22.6 Å². The second-order valence-corrected chi connectivity index (χ2v) is 15.1. The third-order valence-corrected chi connectivity index (χ3v) is 11.5. The smallest absolute Gasteiger partial charge is 0.135 e. The van der Waals surface area contributed by atoms with E-state index in [2.05, 4.69) is 167 Å². The van der Waals surface area contributed by atoms with Crippen LogP contribution in [0.5, 0.6) is 11.5 Å². The summed E-state index contributed by atoms with van der Waals surface area (Å²) in [5.74, 6) is 1.89. The third kappa shape index (κ3) is 7.24. The first-order chi connectivity index (χ1) is 27.8. The van der Waals surface area contributed by atoms with Crippen LogP contribution >= 0.6 is 0 Å². The van der Waals surface area contributed by atoms with Crippen molar-refractivity contribution in [1.29, 1.82) is 0 Å². The van der Waals surface area contributed by atoms with Crippen LogP contribution in [0.4, 0.5) is 0 Å². The molecule has 9 aromatic rings. The highest BCUT2D eigenvalue weighted by atomic mass is 16.5. The lowest BCUT2D eigenvalue weighted by molar-refractivity contribution is 0.305. The molecule has 0 fully saturated rings. The third-order valence-electron chi connectivity index (χ3n) is 11.5. The molecule has 4 heteroatoms. The average Bonchev–Trinajstić information content (AvgIpc) is 3.75. The topological polar surface area (TPSA) is 28.3 Å². The molecule has 0 aliphatic heterocycles. The van der Waals surface area contributed by atoms with Gasteiger partial charge in [-0.05, 0) is 73.7 Å². The minimum Gasteiger partial charge on any atom is -0.493 e. The van der Waals surface area contributed by atoms with Gasteiger partial charge in [0, 0.05) is 73.0 Å². The maximum absolute atomic E-state index is 6.72. The summed E-state index contributed by atoms with van der Waals surface area (Å²) < 4.78 is 18.2. The summed E-state index contributed by atoms with van der Waals surface area (Å²) in [6, 6.07) is 56.6. The number of hydrogen-bond donors (Lipinski definition) is 0. The van der Waals surface area contributed by atoms with Crippen molar-refractivity contribution in [2.24, 2.45) is 0 Å². The molecule has 0 bridgehead atoms. The number of nitrogens with zero attached hydrogens (tertiary/aromatic N) is 2. The summed E-state index contributed by atoms with van der Waals surface area (Å²) in [5.41, 5.74) is 7.62. The van der Waals surface area contributed by atoms with Crippen LogP contribution in [0.15, 0.2) is 158 Å². The largest absolute Gasteiger partial charge is 0.493 e. The number of rotatable bonds is 17. The monoisotopic (exact) mass is 734 g/mol. The van der Waals surface area contributed by atoms with Crippen LogP contribution in [0.25, 0.3) is 65.5 Å². The number of aromatic nitrogens is 2. The van der Waals surface area contributed by atoms with E-state index in [-0.39, 0.29) is 0 Å². The second kappa shape index (κ2) is 16.8. The minimum absolute atomic E-state index is 0.689. The standard InChI is InChI=1S/C52H50N2O2/c1(16-35-53-47-28-12-8-23-41(47)42-24-9-13-29-48(42)53)3-18-37-55-51-32-20-27-46-45(51)34-33-40(39-21-6-5-7-22-39)52(46)56-38-19-4-2-17-36-54-49-30-14-10-25-43(49)44-26-11-15-31-50(44)54/h5-15,20-34H,1-4,16-19,35-38H2. The maximum atomic E-state index is 6.72. The van der Waals surface area contributed by atoms with E-state index in [9.17, 15) is 0 Å². The highest BCUT2D eigenvalue weighted by molar-refractivity contribution is 6.09. The summed E-state index contributed by atoms with van der Waals surface area (Å²) in [5, 5.41) is 7.60. The lowest BCUT2D eigenvalue weighted by Gasteiger charge is -2.17. The Hall–Kier alpha value is -6.00. The molecule has 0 saturated heterocycles. The Morgan fingerprint density at radius 2 is 0.768 bits per heavy atom. The highest BCUT2D eigenvalue weighted by Gasteiger charge is 2.15. The Kier molecular flexibility index (Phi) is 10.7. The van der Waals surface area contributed by atoms with Crippen LogP contribution in [0.2, 0.25) is 0 Å². The SMILES string of the molecule is c1ccc(-c2ccc3c(OCCCCCCn4c5ccccc5c5ccccc54)cccc3c2OCCCCCCn2c3ccccc3c3ccccc32)cc1. The molecule has 0 amide bonds. The summed E-state index contributed by atoms with van der Waals surface area (Å²) in [7, 11) is 0. The fourth-order valence-electron chi connectivity index (χ4n) is 8.72. The normalized spacial score (nSPS) is 11.7. The zero-order chi connectivity index (χ0) is 37.5. The van der Waals surface area contributed by atoms with Gasteiger partial charge >= 0.3 is 0 Å². The molecule has 56 heavy (non-hydrogen) atoms. The summed E-state index contributed by atoms with van der Waals surface area (Å²) in [6.07, 6.45) is 8.98. The lowest BCUT2D eigenvalue weighted by atomic mass is 9.99. The van der Waals surface area contributed by atoms with E-state index in [4.69, 9.17) is 9.47 Å². The Morgan fingerprint density at radius 3 is 1.30 bits per heavy atom. The van der Waals surface area contributed by atoms with Gasteiger partial charge in [-0.2, -0.15) is 0 Å². The molecule has 280 valence electrons. The van der Waals surface area contributed by atoms with E-state index in [1.807, 2.05) is 0 Å². The summed E-state index contributed by atoms with van der Waals surface area (Å²) >= 11 is 0. The number of ether oxygens (including phenoxy) is 2. The zero-order valence-electron chi connectivity index (χ0n) is 32.2. The van der Waals surface area contributed by atoms with Crippen LogP contribution < -0.4 is 9.47 Å².